The van der Waals surface area contributed by atoms with Gasteiger partial charge in [-0.3, -0.25) is 4.57 Å². The van der Waals surface area contributed by atoms with Gasteiger partial charge in [-0.2, -0.15) is 0 Å². The Morgan fingerprint density at radius 2 is 1.77 bits per heavy atom. The summed E-state index contributed by atoms with van der Waals surface area (Å²) < 4.78 is 14.6. The van der Waals surface area contributed by atoms with Crippen LogP contribution < -0.4 is 10.6 Å². The van der Waals surface area contributed by atoms with Crippen molar-refractivity contribution in [3.05, 3.63) is 105 Å². The summed E-state index contributed by atoms with van der Waals surface area (Å²) in [5.41, 5.74) is 2.11. The van der Waals surface area contributed by atoms with Crippen LogP contribution in [0, 0.1) is 49.3 Å². The summed E-state index contributed by atoms with van der Waals surface area (Å²) in [5, 5.41) is 4.80. The minimum atomic E-state index is -3.01. The molecule has 147 valence electrons. The predicted molar refractivity (Wildman–Crippen MR) is 121 cm³/mol. The Morgan fingerprint density at radius 3 is 2.39 bits per heavy atom. The van der Waals surface area contributed by atoms with Crippen molar-refractivity contribution in [3.63, 3.8) is 0 Å². The van der Waals surface area contributed by atoms with Crippen LogP contribution in [0.15, 0.2) is 50.1 Å². The van der Waals surface area contributed by atoms with Gasteiger partial charge in [-0.1, -0.05) is 37.0 Å². The Kier molecular flexibility index (Phi) is 5.83. The van der Waals surface area contributed by atoms with Gasteiger partial charge in [0.15, 0.2) is 29.1 Å². The van der Waals surface area contributed by atoms with E-state index in [-0.39, 0.29) is 5.69 Å². The molecule has 0 aliphatic heterocycles. The van der Waals surface area contributed by atoms with Crippen LogP contribution in [-0.2, 0) is 4.57 Å². The molecule has 2 heterocycles. The Morgan fingerprint density at radius 1 is 1.03 bits per heavy atom. The molecule has 1 aliphatic carbocycles. The van der Waals surface area contributed by atoms with Gasteiger partial charge in [0.05, 0.1) is 5.69 Å². The highest BCUT2D eigenvalue weighted by Gasteiger charge is 2.24. The topological polar surface area (TPSA) is 74.8 Å². The van der Waals surface area contributed by atoms with E-state index < -0.39 is 7.14 Å². The maximum absolute atomic E-state index is 13.0. The van der Waals surface area contributed by atoms with E-state index in [0.29, 0.717) is 28.1 Å². The minimum Gasteiger partial charge on any atom is -0.317 e. The standard InChI is InChI=1S/C24H15N5OP/c1-4-15-31(30,16-5-2)20-13-11-19(12-14-20)26-23-21-24(29(6-3)17-25-21)28-22(27-23)18-9-7-8-10-18/h4-10,15-16H,1-3H2. The predicted octanol–water partition coefficient (Wildman–Crippen LogP) is 4.34. The summed E-state index contributed by atoms with van der Waals surface area (Å²) in [6.45, 7) is 11.0. The highest BCUT2D eigenvalue weighted by molar-refractivity contribution is 7.75. The van der Waals surface area contributed by atoms with Crippen molar-refractivity contribution in [1.82, 2.24) is 24.8 Å². The number of hydrogen-bond donors (Lipinski definition) is 0. The molecule has 3 aromatic rings. The number of benzene rings is 1. The maximum atomic E-state index is 13.0. The second-order valence-electron chi connectivity index (χ2n) is 6.27. The molecular formula is C24H15N5OP. The number of hydrogen-bond acceptors (Lipinski definition) is 4. The lowest BCUT2D eigenvalue weighted by Gasteiger charge is -2.13. The Bertz CT molecular complexity index is 1250. The van der Waals surface area contributed by atoms with Gasteiger partial charge in [0, 0.05) is 60.1 Å². The Balaban J connectivity index is 1.70. The summed E-state index contributed by atoms with van der Waals surface area (Å²) >= 11 is 0. The number of nitrogens with zero attached hydrogens (tertiary/aromatic N) is 5. The molecule has 0 fully saturated rings. The molecule has 0 unspecified atom stereocenters. The van der Waals surface area contributed by atoms with Crippen molar-refractivity contribution in [2.75, 3.05) is 0 Å². The largest absolute Gasteiger partial charge is 0.317 e. The van der Waals surface area contributed by atoms with Crippen molar-refractivity contribution >= 4 is 46.9 Å². The highest BCUT2D eigenvalue weighted by atomic mass is 31.2. The fourth-order valence-electron chi connectivity index (χ4n) is 2.86. The Hall–Kier alpha value is -3.50. The van der Waals surface area contributed by atoms with Crippen LogP contribution in [0.2, 0.25) is 0 Å². The molecule has 4 rings (SSSR count). The second kappa shape index (κ2) is 8.70. The van der Waals surface area contributed by atoms with Gasteiger partial charge in [-0.05, 0) is 0 Å². The molecule has 2 aromatic heterocycles. The van der Waals surface area contributed by atoms with Crippen molar-refractivity contribution in [2.45, 2.75) is 0 Å². The molecule has 0 N–H and O–H groups in total. The monoisotopic (exact) mass is 420 g/mol. The summed E-state index contributed by atoms with van der Waals surface area (Å²) in [6.07, 6.45) is 17.9. The first-order chi connectivity index (χ1) is 15.1. The average molecular weight is 420 g/mol. The van der Waals surface area contributed by atoms with Gasteiger partial charge in [0.1, 0.15) is 7.14 Å². The third-order valence-corrected chi connectivity index (χ3v) is 6.50. The lowest BCUT2D eigenvalue weighted by Crippen LogP contribution is -2.07. The molecule has 0 atom stereocenters. The van der Waals surface area contributed by atoms with Gasteiger partial charge in [-0.25, -0.2) is 20.3 Å². The van der Waals surface area contributed by atoms with E-state index in [4.69, 9.17) is 0 Å². The molecule has 0 bridgehead atoms. The number of imidazole rings is 1. The molecule has 1 aliphatic rings. The fraction of sp³-hybridized carbons (Fsp3) is 0. The van der Waals surface area contributed by atoms with Crippen LogP contribution in [-0.4, -0.2) is 19.5 Å². The first-order valence-electron chi connectivity index (χ1n) is 9.14. The third kappa shape index (κ3) is 4.07. The van der Waals surface area contributed by atoms with Crippen LogP contribution in [0.1, 0.15) is 5.82 Å². The van der Waals surface area contributed by atoms with E-state index in [1.165, 1.54) is 24.5 Å². The Labute approximate surface area is 181 Å². The second-order valence-corrected chi connectivity index (χ2v) is 8.73. The molecule has 0 amide bonds. The zero-order chi connectivity index (χ0) is 21.8. The molecule has 7 heteroatoms. The number of allylic oxidation sites excluding steroid dienone is 6. The van der Waals surface area contributed by atoms with Gasteiger partial charge in [0.25, 0.3) is 0 Å². The summed E-state index contributed by atoms with van der Waals surface area (Å²) in [5.74, 6) is 0.807. The molecule has 31 heavy (non-hydrogen) atoms. The maximum Gasteiger partial charge on any atom is 0.184 e. The van der Waals surface area contributed by atoms with Crippen molar-refractivity contribution < 1.29 is 4.57 Å². The minimum absolute atomic E-state index is 0.286. The fourth-order valence-corrected chi connectivity index (χ4v) is 4.34. The van der Waals surface area contributed by atoms with E-state index in [9.17, 15) is 4.57 Å². The van der Waals surface area contributed by atoms with Crippen molar-refractivity contribution in [3.8, 4) is 0 Å². The van der Waals surface area contributed by atoms with Gasteiger partial charge < -0.3 is 4.57 Å². The van der Waals surface area contributed by atoms with Crippen molar-refractivity contribution in [2.24, 2.45) is 0 Å². The van der Waals surface area contributed by atoms with Crippen LogP contribution in [0.4, 0.5) is 11.5 Å². The summed E-state index contributed by atoms with van der Waals surface area (Å²) in [4.78, 5) is 13.3. The smallest absolute Gasteiger partial charge is 0.184 e. The van der Waals surface area contributed by atoms with Crippen LogP contribution in [0.5, 0.6) is 0 Å². The molecule has 1 aromatic carbocycles. The SMILES string of the molecule is C=C[CH]P(=O)([CH]C=C)c1[c][c]c([N]c2nc(C3=CC=C[CH]3)nc3c2n[c]n3C=C)[c][c]1. The molecule has 0 saturated carbocycles. The van der Waals surface area contributed by atoms with Crippen molar-refractivity contribution in [1.29, 1.82) is 0 Å². The van der Waals surface area contributed by atoms with Gasteiger partial charge >= 0.3 is 0 Å². The zero-order valence-corrected chi connectivity index (χ0v) is 17.3. The van der Waals surface area contributed by atoms with Crippen LogP contribution in [0.25, 0.3) is 22.9 Å². The zero-order valence-electron chi connectivity index (χ0n) is 16.4. The summed E-state index contributed by atoms with van der Waals surface area (Å²) in [7, 11) is -3.01. The van der Waals surface area contributed by atoms with Crippen LogP contribution in [0.3, 0.4) is 0 Å². The lowest BCUT2D eigenvalue weighted by molar-refractivity contribution is 0.589. The highest BCUT2D eigenvalue weighted by Crippen LogP contribution is 2.51. The first kappa shape index (κ1) is 20.8. The van der Waals surface area contributed by atoms with E-state index in [0.717, 1.165) is 5.57 Å². The molecule has 0 spiro atoms. The number of fused-ring (bicyclic) bond motifs is 1. The normalized spacial score (nSPS) is 13.2. The average Bonchev–Trinajstić information content (AvgIpc) is 3.44. The van der Waals surface area contributed by atoms with Gasteiger partial charge in [-0.15, -0.1) is 13.2 Å². The van der Waals surface area contributed by atoms with Gasteiger partial charge in [0.2, 0.25) is 0 Å². The number of rotatable bonds is 9. The molecular weight excluding hydrogens is 405 g/mol. The first-order valence-corrected chi connectivity index (χ1v) is 11.0. The molecule has 0 saturated heterocycles. The lowest BCUT2D eigenvalue weighted by atomic mass is 10.2. The van der Waals surface area contributed by atoms with E-state index in [1.807, 2.05) is 24.6 Å². The molecule has 9 radical (unpaired) electrons. The van der Waals surface area contributed by atoms with E-state index in [2.05, 4.69) is 70.6 Å². The molecule has 6 nitrogen and oxygen atoms in total. The number of aromatic nitrogens is 4. The van der Waals surface area contributed by atoms with Crippen LogP contribution >= 0.6 is 7.14 Å². The summed E-state index contributed by atoms with van der Waals surface area (Å²) in [6, 6.07) is 11.4. The van der Waals surface area contributed by atoms with E-state index in [1.54, 1.807) is 10.8 Å². The quantitative estimate of drug-likeness (QED) is 0.483. The third-order valence-electron chi connectivity index (χ3n) is 4.27. The van der Waals surface area contributed by atoms with E-state index >= 15 is 0 Å².